The molecular weight excluding hydrogens is 315 g/mol. The molecule has 2 N–H and O–H groups in total. The zero-order chi connectivity index (χ0) is 16.7. The predicted octanol–water partition coefficient (Wildman–Crippen LogP) is 3.45. The molecule has 118 valence electrons. The van der Waals surface area contributed by atoms with Gasteiger partial charge in [0.05, 0.1) is 4.88 Å². The van der Waals surface area contributed by atoms with Gasteiger partial charge in [-0.05, 0) is 36.8 Å². The number of hydrogen-bond donors (Lipinski definition) is 2. The van der Waals surface area contributed by atoms with Crippen molar-refractivity contribution in [1.82, 2.24) is 10.9 Å². The molecule has 23 heavy (non-hydrogen) atoms. The SMILES string of the molecule is C/C=C/C=C/C(=O)NNC(=O)c1ccc(-c2ccc(F)cc2)s1. The maximum atomic E-state index is 12.9. The van der Waals surface area contributed by atoms with Crippen molar-refractivity contribution in [3.05, 3.63) is 71.4 Å². The van der Waals surface area contributed by atoms with Gasteiger partial charge >= 0.3 is 0 Å². The Balaban J connectivity index is 1.96. The quantitative estimate of drug-likeness (QED) is 0.512. The minimum Gasteiger partial charge on any atom is -0.268 e. The molecule has 0 saturated carbocycles. The van der Waals surface area contributed by atoms with Gasteiger partial charge in [0.1, 0.15) is 5.82 Å². The van der Waals surface area contributed by atoms with Crippen molar-refractivity contribution in [3.63, 3.8) is 0 Å². The number of nitrogens with one attached hydrogen (secondary N) is 2. The van der Waals surface area contributed by atoms with Crippen LogP contribution in [0.1, 0.15) is 16.6 Å². The van der Waals surface area contributed by atoms with Crippen molar-refractivity contribution in [1.29, 1.82) is 0 Å². The number of rotatable bonds is 4. The summed E-state index contributed by atoms with van der Waals surface area (Å²) in [5.74, 6) is -1.14. The molecule has 2 rings (SSSR count). The first-order valence-corrected chi connectivity index (χ1v) is 7.67. The van der Waals surface area contributed by atoms with Gasteiger partial charge in [-0.25, -0.2) is 4.39 Å². The minimum absolute atomic E-state index is 0.308. The number of benzene rings is 1. The number of hydrogen-bond acceptors (Lipinski definition) is 3. The molecule has 0 aliphatic heterocycles. The molecule has 2 aromatic rings. The first kappa shape index (κ1) is 16.6. The fraction of sp³-hybridized carbons (Fsp3) is 0.0588. The lowest BCUT2D eigenvalue weighted by Crippen LogP contribution is -2.40. The summed E-state index contributed by atoms with van der Waals surface area (Å²) in [7, 11) is 0. The highest BCUT2D eigenvalue weighted by Crippen LogP contribution is 2.28. The molecule has 6 heteroatoms. The van der Waals surface area contributed by atoms with E-state index in [2.05, 4.69) is 10.9 Å². The van der Waals surface area contributed by atoms with Crippen LogP contribution in [-0.2, 0) is 4.79 Å². The topological polar surface area (TPSA) is 58.2 Å². The van der Waals surface area contributed by atoms with Gasteiger partial charge in [-0.2, -0.15) is 0 Å². The first-order chi connectivity index (χ1) is 11.1. The molecule has 0 bridgehead atoms. The Bertz CT molecular complexity index is 748. The summed E-state index contributed by atoms with van der Waals surface area (Å²) >= 11 is 1.26. The lowest BCUT2D eigenvalue weighted by Gasteiger charge is -2.02. The van der Waals surface area contributed by atoms with Crippen molar-refractivity contribution >= 4 is 23.2 Å². The maximum absolute atomic E-state index is 12.9. The monoisotopic (exact) mass is 330 g/mol. The van der Waals surface area contributed by atoms with Crippen LogP contribution in [0.2, 0.25) is 0 Å². The van der Waals surface area contributed by atoms with Crippen molar-refractivity contribution in [3.8, 4) is 10.4 Å². The van der Waals surface area contributed by atoms with Gasteiger partial charge in [0.2, 0.25) is 0 Å². The fourth-order valence-electron chi connectivity index (χ4n) is 1.70. The van der Waals surface area contributed by atoms with E-state index in [-0.39, 0.29) is 5.82 Å². The maximum Gasteiger partial charge on any atom is 0.279 e. The molecule has 1 aromatic heterocycles. The standard InChI is InChI=1S/C17H15FN2O2S/c1-2-3-4-5-16(21)19-20-17(22)15-11-10-14(23-15)12-6-8-13(18)9-7-12/h2-11H,1H3,(H,19,21)(H,20,22)/b3-2+,5-4+. The summed E-state index contributed by atoms with van der Waals surface area (Å²) in [5.41, 5.74) is 5.46. The number of carbonyl (C=O) groups excluding carboxylic acids is 2. The summed E-state index contributed by atoms with van der Waals surface area (Å²) in [6.45, 7) is 1.83. The van der Waals surface area contributed by atoms with Crippen LogP contribution < -0.4 is 10.9 Å². The van der Waals surface area contributed by atoms with Gasteiger partial charge in [0.15, 0.2) is 0 Å². The summed E-state index contributed by atoms with van der Waals surface area (Å²) in [4.78, 5) is 24.7. The fourth-order valence-corrected chi connectivity index (χ4v) is 2.61. The van der Waals surface area contributed by atoms with Crippen LogP contribution in [0, 0.1) is 5.82 Å². The largest absolute Gasteiger partial charge is 0.279 e. The summed E-state index contributed by atoms with van der Waals surface area (Å²) in [6.07, 6.45) is 6.36. The second-order valence-electron chi connectivity index (χ2n) is 4.50. The van der Waals surface area contributed by atoms with Crippen LogP contribution in [0.5, 0.6) is 0 Å². The highest BCUT2D eigenvalue weighted by Gasteiger charge is 2.10. The molecule has 1 heterocycles. The van der Waals surface area contributed by atoms with E-state index in [1.165, 1.54) is 29.5 Å². The summed E-state index contributed by atoms with van der Waals surface area (Å²) in [6, 6.07) is 9.46. The molecule has 0 atom stereocenters. The molecule has 0 aliphatic rings. The third kappa shape index (κ3) is 4.89. The molecule has 0 unspecified atom stereocenters. The molecule has 0 aliphatic carbocycles. The summed E-state index contributed by atoms with van der Waals surface area (Å²) in [5, 5.41) is 0. The molecule has 0 fully saturated rings. The van der Waals surface area contributed by atoms with E-state index < -0.39 is 11.8 Å². The smallest absolute Gasteiger partial charge is 0.268 e. The Morgan fingerprint density at radius 3 is 2.48 bits per heavy atom. The van der Waals surface area contributed by atoms with E-state index in [9.17, 15) is 14.0 Å². The minimum atomic E-state index is -0.424. The number of carbonyl (C=O) groups is 2. The van der Waals surface area contributed by atoms with Crippen molar-refractivity contribution in [2.45, 2.75) is 6.92 Å². The molecule has 2 amide bonds. The number of halogens is 1. The van der Waals surface area contributed by atoms with Crippen molar-refractivity contribution < 1.29 is 14.0 Å². The van der Waals surface area contributed by atoms with Gasteiger partial charge in [-0.3, -0.25) is 20.4 Å². The summed E-state index contributed by atoms with van der Waals surface area (Å²) < 4.78 is 12.9. The zero-order valence-electron chi connectivity index (χ0n) is 12.4. The Labute approximate surface area is 137 Å². The van der Waals surface area contributed by atoms with E-state index >= 15 is 0 Å². The molecule has 0 saturated heterocycles. The second kappa shape index (κ2) is 8.05. The Hall–Kier alpha value is -2.73. The van der Waals surface area contributed by atoms with Crippen molar-refractivity contribution in [2.75, 3.05) is 0 Å². The number of hydrazine groups is 1. The van der Waals surface area contributed by atoms with Crippen LogP contribution in [0.3, 0.4) is 0 Å². The number of amides is 2. The Kier molecular flexibility index (Phi) is 5.82. The normalized spacial score (nSPS) is 11.0. The van der Waals surface area contributed by atoms with E-state index in [1.54, 1.807) is 42.5 Å². The molecular formula is C17H15FN2O2S. The lowest BCUT2D eigenvalue weighted by molar-refractivity contribution is -0.117. The number of allylic oxidation sites excluding steroid dienone is 3. The van der Waals surface area contributed by atoms with E-state index in [1.807, 2.05) is 6.92 Å². The van der Waals surface area contributed by atoms with Crippen LogP contribution in [0.4, 0.5) is 4.39 Å². The predicted molar refractivity (Wildman–Crippen MR) is 89.3 cm³/mol. The Morgan fingerprint density at radius 1 is 1.04 bits per heavy atom. The molecule has 0 spiro atoms. The van der Waals surface area contributed by atoms with Gasteiger partial charge in [-0.15, -0.1) is 11.3 Å². The van der Waals surface area contributed by atoms with Crippen molar-refractivity contribution in [2.24, 2.45) is 0 Å². The first-order valence-electron chi connectivity index (χ1n) is 6.85. The van der Waals surface area contributed by atoms with E-state index in [0.717, 1.165) is 10.4 Å². The lowest BCUT2D eigenvalue weighted by atomic mass is 10.2. The second-order valence-corrected chi connectivity index (χ2v) is 5.58. The third-order valence-corrected chi connectivity index (χ3v) is 3.94. The average molecular weight is 330 g/mol. The highest BCUT2D eigenvalue weighted by molar-refractivity contribution is 7.17. The third-order valence-electron chi connectivity index (χ3n) is 2.81. The van der Waals surface area contributed by atoms with Crippen LogP contribution >= 0.6 is 11.3 Å². The molecule has 4 nitrogen and oxygen atoms in total. The van der Waals surface area contributed by atoms with E-state index in [4.69, 9.17) is 0 Å². The van der Waals surface area contributed by atoms with Gasteiger partial charge in [0.25, 0.3) is 11.8 Å². The number of thiophene rings is 1. The van der Waals surface area contributed by atoms with E-state index in [0.29, 0.717) is 4.88 Å². The molecule has 0 radical (unpaired) electrons. The van der Waals surface area contributed by atoms with Gasteiger partial charge in [0, 0.05) is 11.0 Å². The van der Waals surface area contributed by atoms with Gasteiger partial charge in [-0.1, -0.05) is 30.4 Å². The van der Waals surface area contributed by atoms with Crippen LogP contribution in [0.15, 0.2) is 60.7 Å². The molecule has 1 aromatic carbocycles. The average Bonchev–Trinajstić information content (AvgIpc) is 3.03. The van der Waals surface area contributed by atoms with Crippen LogP contribution in [0.25, 0.3) is 10.4 Å². The zero-order valence-corrected chi connectivity index (χ0v) is 13.2. The van der Waals surface area contributed by atoms with Gasteiger partial charge < -0.3 is 0 Å². The highest BCUT2D eigenvalue weighted by atomic mass is 32.1. The Morgan fingerprint density at radius 2 is 1.78 bits per heavy atom. The van der Waals surface area contributed by atoms with Crippen LogP contribution in [-0.4, -0.2) is 11.8 Å².